The van der Waals surface area contributed by atoms with Gasteiger partial charge in [0.25, 0.3) is 0 Å². The Kier molecular flexibility index (Phi) is 6.81. The Balaban J connectivity index is 1.89. The van der Waals surface area contributed by atoms with E-state index in [0.29, 0.717) is 5.56 Å². The summed E-state index contributed by atoms with van der Waals surface area (Å²) in [4.78, 5) is 27.7. The molecule has 2 fully saturated rings. The van der Waals surface area contributed by atoms with Gasteiger partial charge in [-0.25, -0.2) is 12.8 Å². The average molecular weight is 440 g/mol. The second-order valence-corrected chi connectivity index (χ2v) is 10.6. The van der Waals surface area contributed by atoms with Gasteiger partial charge in [0.2, 0.25) is 21.8 Å². The Bertz CT molecular complexity index is 899. The lowest BCUT2D eigenvalue weighted by atomic mass is 9.93. The largest absolute Gasteiger partial charge is 0.351 e. The summed E-state index contributed by atoms with van der Waals surface area (Å²) in [6.45, 7) is 1.16. The van der Waals surface area contributed by atoms with E-state index in [1.165, 1.54) is 17.0 Å². The number of carbonyl (C=O) groups excluding carboxylic acids is 2. The first kappa shape index (κ1) is 22.7. The van der Waals surface area contributed by atoms with Gasteiger partial charge in [-0.15, -0.1) is 0 Å². The summed E-state index contributed by atoms with van der Waals surface area (Å²) < 4.78 is 39.0. The second kappa shape index (κ2) is 9.01. The summed E-state index contributed by atoms with van der Waals surface area (Å²) in [6, 6.07) is 5.87. The summed E-state index contributed by atoms with van der Waals surface area (Å²) >= 11 is 0. The zero-order valence-electron chi connectivity index (χ0n) is 17.6. The number of halogens is 1. The maximum absolute atomic E-state index is 13.7. The number of sulfonamides is 1. The maximum Gasteiger partial charge on any atom is 0.247 e. The van der Waals surface area contributed by atoms with Crippen molar-refractivity contribution in [3.8, 4) is 0 Å². The molecule has 1 aromatic carbocycles. The van der Waals surface area contributed by atoms with Crippen LogP contribution in [0.3, 0.4) is 0 Å². The number of rotatable bonds is 5. The van der Waals surface area contributed by atoms with Crippen molar-refractivity contribution < 1.29 is 22.4 Å². The van der Waals surface area contributed by atoms with Gasteiger partial charge in [0, 0.05) is 19.1 Å². The van der Waals surface area contributed by atoms with Crippen molar-refractivity contribution in [1.82, 2.24) is 14.5 Å². The highest BCUT2D eigenvalue weighted by molar-refractivity contribution is 7.88. The molecule has 1 heterocycles. The zero-order chi connectivity index (χ0) is 21.9. The average Bonchev–Trinajstić information content (AvgIpc) is 2.92. The lowest BCUT2D eigenvalue weighted by molar-refractivity contribution is -0.154. The molecule has 0 spiro atoms. The van der Waals surface area contributed by atoms with E-state index >= 15 is 0 Å². The summed E-state index contributed by atoms with van der Waals surface area (Å²) in [5.41, 5.74) is -0.846. The van der Waals surface area contributed by atoms with Crippen LogP contribution >= 0.6 is 0 Å². The molecule has 0 bridgehead atoms. The molecule has 1 N–H and O–H groups in total. The second-order valence-electron chi connectivity index (χ2n) is 8.58. The van der Waals surface area contributed by atoms with Gasteiger partial charge in [0.05, 0.1) is 12.8 Å². The van der Waals surface area contributed by atoms with Gasteiger partial charge >= 0.3 is 0 Å². The summed E-state index contributed by atoms with van der Waals surface area (Å²) in [6.07, 6.45) is 7.11. The molecule has 1 saturated heterocycles. The standard InChI is InChI=1S/C21H30FN3O4S/c1-21(20(27)23-18-10-5-3-4-6-11-18)15-24(30(2,28)29)14-19(26)25(21)13-16-8-7-9-17(22)12-16/h7-9,12,18H,3-6,10-11,13-15H2,1-2H3,(H,23,27)/t21-/m0/s1. The lowest BCUT2D eigenvalue weighted by Gasteiger charge is -2.47. The molecule has 7 nitrogen and oxygen atoms in total. The van der Waals surface area contributed by atoms with Crippen molar-refractivity contribution in [2.45, 2.75) is 63.6 Å². The maximum atomic E-state index is 13.7. The topological polar surface area (TPSA) is 86.8 Å². The monoisotopic (exact) mass is 439 g/mol. The number of carbonyl (C=O) groups is 2. The van der Waals surface area contributed by atoms with Gasteiger partial charge in [-0.3, -0.25) is 9.59 Å². The van der Waals surface area contributed by atoms with Crippen molar-refractivity contribution in [3.05, 3.63) is 35.6 Å². The highest BCUT2D eigenvalue weighted by Gasteiger charge is 2.49. The molecule has 3 rings (SSSR count). The first-order valence-electron chi connectivity index (χ1n) is 10.4. The molecule has 30 heavy (non-hydrogen) atoms. The molecule has 0 radical (unpaired) electrons. The number of amides is 2. The molecule has 9 heteroatoms. The Morgan fingerprint density at radius 3 is 2.50 bits per heavy atom. The van der Waals surface area contributed by atoms with Crippen LogP contribution in [0.2, 0.25) is 0 Å². The van der Waals surface area contributed by atoms with Gasteiger partial charge < -0.3 is 10.2 Å². The lowest BCUT2D eigenvalue weighted by Crippen LogP contribution is -2.69. The quantitative estimate of drug-likeness (QED) is 0.712. The molecule has 1 aliphatic carbocycles. The van der Waals surface area contributed by atoms with Crippen LogP contribution in [0.1, 0.15) is 51.0 Å². The van der Waals surface area contributed by atoms with E-state index in [4.69, 9.17) is 0 Å². The zero-order valence-corrected chi connectivity index (χ0v) is 18.4. The summed E-state index contributed by atoms with van der Waals surface area (Å²) in [5, 5.41) is 3.06. The molecular weight excluding hydrogens is 409 g/mol. The number of nitrogens with zero attached hydrogens (tertiary/aromatic N) is 2. The van der Waals surface area contributed by atoms with Crippen LogP contribution in [-0.2, 0) is 26.2 Å². The third-order valence-electron chi connectivity index (χ3n) is 6.07. The van der Waals surface area contributed by atoms with Crippen molar-refractivity contribution in [2.75, 3.05) is 19.3 Å². The fourth-order valence-electron chi connectivity index (χ4n) is 4.27. The van der Waals surface area contributed by atoms with E-state index in [2.05, 4.69) is 5.32 Å². The van der Waals surface area contributed by atoms with E-state index < -0.39 is 27.3 Å². The van der Waals surface area contributed by atoms with Crippen molar-refractivity contribution >= 4 is 21.8 Å². The minimum Gasteiger partial charge on any atom is -0.351 e. The Hall–Kier alpha value is -2.00. The normalized spacial score (nSPS) is 24.5. The third-order valence-corrected chi connectivity index (χ3v) is 7.27. The van der Waals surface area contributed by atoms with Crippen molar-refractivity contribution in [1.29, 1.82) is 0 Å². The molecule has 1 aliphatic heterocycles. The van der Waals surface area contributed by atoms with Crippen LogP contribution in [0, 0.1) is 5.82 Å². The van der Waals surface area contributed by atoms with Gasteiger partial charge in [0.1, 0.15) is 11.4 Å². The van der Waals surface area contributed by atoms with Crippen LogP contribution in [0.4, 0.5) is 4.39 Å². The molecule has 1 saturated carbocycles. The minimum atomic E-state index is -3.66. The molecular formula is C21H30FN3O4S. The van der Waals surface area contributed by atoms with E-state index in [1.807, 2.05) is 0 Å². The molecule has 0 aromatic heterocycles. The highest BCUT2D eigenvalue weighted by Crippen LogP contribution is 2.28. The number of piperazine rings is 1. The molecule has 1 aromatic rings. The van der Waals surface area contributed by atoms with Crippen LogP contribution in [0.5, 0.6) is 0 Å². The Morgan fingerprint density at radius 2 is 1.90 bits per heavy atom. The first-order valence-corrected chi connectivity index (χ1v) is 12.3. The molecule has 166 valence electrons. The number of hydrogen-bond donors (Lipinski definition) is 1. The fourth-order valence-corrected chi connectivity index (χ4v) is 5.10. The van der Waals surface area contributed by atoms with Gasteiger partial charge in [-0.1, -0.05) is 37.8 Å². The first-order chi connectivity index (χ1) is 14.1. The van der Waals surface area contributed by atoms with Crippen LogP contribution in [-0.4, -0.2) is 60.4 Å². The van der Waals surface area contributed by atoms with Crippen molar-refractivity contribution in [2.24, 2.45) is 0 Å². The predicted octanol–water partition coefficient (Wildman–Crippen LogP) is 2.03. The summed E-state index contributed by atoms with van der Waals surface area (Å²) in [5.74, 6) is -1.28. The minimum absolute atomic E-state index is 0.0107. The number of nitrogens with one attached hydrogen (secondary N) is 1. The third kappa shape index (κ3) is 5.18. The SMILES string of the molecule is C[C@@]1(C(=O)NC2CCCCCC2)CN(S(C)(=O)=O)CC(=O)N1Cc1cccc(F)c1. The van der Waals surface area contributed by atoms with E-state index in [0.717, 1.165) is 49.1 Å². The molecule has 2 amide bonds. The predicted molar refractivity (Wildman–Crippen MR) is 111 cm³/mol. The van der Waals surface area contributed by atoms with Crippen molar-refractivity contribution in [3.63, 3.8) is 0 Å². The van der Waals surface area contributed by atoms with E-state index in [-0.39, 0.29) is 31.6 Å². The molecule has 2 aliphatic rings. The van der Waals surface area contributed by atoms with Crippen LogP contribution in [0.25, 0.3) is 0 Å². The van der Waals surface area contributed by atoms with E-state index in [1.54, 1.807) is 19.1 Å². The smallest absolute Gasteiger partial charge is 0.247 e. The Labute approximate surface area is 177 Å². The fraction of sp³-hybridized carbons (Fsp3) is 0.619. The Morgan fingerprint density at radius 1 is 1.23 bits per heavy atom. The number of hydrogen-bond acceptors (Lipinski definition) is 4. The van der Waals surface area contributed by atoms with Gasteiger partial charge in [-0.2, -0.15) is 4.31 Å². The van der Waals surface area contributed by atoms with Crippen LogP contribution < -0.4 is 5.32 Å². The van der Waals surface area contributed by atoms with Gasteiger partial charge in [0.15, 0.2) is 0 Å². The van der Waals surface area contributed by atoms with Gasteiger partial charge in [-0.05, 0) is 37.5 Å². The highest BCUT2D eigenvalue weighted by atomic mass is 32.2. The molecule has 1 atom stereocenters. The van der Waals surface area contributed by atoms with E-state index in [9.17, 15) is 22.4 Å². The van der Waals surface area contributed by atoms with Crippen LogP contribution in [0.15, 0.2) is 24.3 Å². The molecule has 0 unspecified atom stereocenters. The summed E-state index contributed by atoms with van der Waals surface area (Å²) in [7, 11) is -3.66. The number of benzene rings is 1.